The van der Waals surface area contributed by atoms with E-state index in [-0.39, 0.29) is 17.3 Å². The van der Waals surface area contributed by atoms with Crippen molar-refractivity contribution in [1.82, 2.24) is 0 Å². The minimum absolute atomic E-state index is 0.00371. The maximum absolute atomic E-state index is 13.4. The Hall–Kier alpha value is -3.77. The Kier molecular flexibility index (Phi) is 7.36. The van der Waals surface area contributed by atoms with Gasteiger partial charge in [-0.3, -0.25) is 14.5 Å². The molecule has 36 heavy (non-hydrogen) atoms. The van der Waals surface area contributed by atoms with Crippen molar-refractivity contribution in [3.05, 3.63) is 94.0 Å². The van der Waals surface area contributed by atoms with E-state index in [1.165, 1.54) is 4.90 Å². The van der Waals surface area contributed by atoms with Crippen molar-refractivity contribution in [3.8, 4) is 11.5 Å². The standard InChI is InChI=1S/C29H28ClNO5/c1-5-36-22-8-6-7-21(16-22)31-26(18-9-12-20(30)13-10-18)25(28(33)29(31)34)27(32)19-11-14-24(35-4)23(15-19)17(2)3/h6-17,26,32H,5H2,1-4H3/b27-25-. The normalized spacial score (nSPS) is 17.1. The lowest BCUT2D eigenvalue weighted by atomic mass is 9.93. The maximum atomic E-state index is 13.4. The van der Waals surface area contributed by atoms with Gasteiger partial charge in [-0.15, -0.1) is 0 Å². The van der Waals surface area contributed by atoms with Crippen LogP contribution in [0.5, 0.6) is 11.5 Å². The molecule has 1 unspecified atom stereocenters. The van der Waals surface area contributed by atoms with Gasteiger partial charge in [-0.25, -0.2) is 0 Å². The summed E-state index contributed by atoms with van der Waals surface area (Å²) in [7, 11) is 1.59. The summed E-state index contributed by atoms with van der Waals surface area (Å²) in [5.41, 5.74) is 2.44. The van der Waals surface area contributed by atoms with Crippen LogP contribution in [0.4, 0.5) is 5.69 Å². The first kappa shape index (κ1) is 25.3. The van der Waals surface area contributed by atoms with Crippen LogP contribution in [0, 0.1) is 0 Å². The van der Waals surface area contributed by atoms with E-state index < -0.39 is 17.7 Å². The summed E-state index contributed by atoms with van der Waals surface area (Å²) in [6.45, 7) is 6.35. The van der Waals surface area contributed by atoms with E-state index in [0.29, 0.717) is 39.9 Å². The number of methoxy groups -OCH3 is 1. The van der Waals surface area contributed by atoms with E-state index >= 15 is 0 Å². The van der Waals surface area contributed by atoms with E-state index in [9.17, 15) is 14.7 Å². The molecule has 1 atom stereocenters. The SMILES string of the molecule is CCOc1cccc(N2C(=O)C(=O)/C(=C(\O)c3ccc(OC)c(C(C)C)c3)C2c2ccc(Cl)cc2)c1. The molecule has 0 bridgehead atoms. The van der Waals surface area contributed by atoms with E-state index in [2.05, 4.69) is 0 Å². The number of hydrogen-bond acceptors (Lipinski definition) is 5. The van der Waals surface area contributed by atoms with Gasteiger partial charge in [0.1, 0.15) is 17.3 Å². The van der Waals surface area contributed by atoms with Crippen LogP contribution in [0.25, 0.3) is 5.76 Å². The molecule has 186 valence electrons. The van der Waals surface area contributed by atoms with Gasteiger partial charge in [-0.1, -0.05) is 43.6 Å². The Labute approximate surface area is 215 Å². The predicted molar refractivity (Wildman–Crippen MR) is 141 cm³/mol. The number of anilines is 1. The Morgan fingerprint density at radius 1 is 1.06 bits per heavy atom. The largest absolute Gasteiger partial charge is 0.507 e. The Balaban J connectivity index is 1.93. The van der Waals surface area contributed by atoms with Crippen LogP contribution >= 0.6 is 11.6 Å². The van der Waals surface area contributed by atoms with Crippen molar-refractivity contribution < 1.29 is 24.2 Å². The highest BCUT2D eigenvalue weighted by Gasteiger charge is 2.47. The van der Waals surface area contributed by atoms with Gasteiger partial charge in [-0.2, -0.15) is 0 Å². The Morgan fingerprint density at radius 2 is 1.78 bits per heavy atom. The lowest BCUT2D eigenvalue weighted by Gasteiger charge is -2.26. The lowest BCUT2D eigenvalue weighted by molar-refractivity contribution is -0.132. The van der Waals surface area contributed by atoms with E-state index in [1.807, 2.05) is 20.8 Å². The van der Waals surface area contributed by atoms with Crippen molar-refractivity contribution in [2.75, 3.05) is 18.6 Å². The molecule has 3 aromatic rings. The number of hydrogen-bond donors (Lipinski definition) is 1. The molecule has 1 heterocycles. The smallest absolute Gasteiger partial charge is 0.300 e. The van der Waals surface area contributed by atoms with Crippen LogP contribution in [-0.4, -0.2) is 30.5 Å². The number of rotatable bonds is 7. The van der Waals surface area contributed by atoms with Gasteiger partial charge >= 0.3 is 0 Å². The molecule has 7 heteroatoms. The van der Waals surface area contributed by atoms with Gasteiger partial charge in [-0.05, 0) is 66.4 Å². The van der Waals surface area contributed by atoms with Crippen molar-refractivity contribution in [3.63, 3.8) is 0 Å². The zero-order chi connectivity index (χ0) is 26.0. The molecule has 4 rings (SSSR count). The van der Waals surface area contributed by atoms with Gasteiger partial charge in [0.15, 0.2) is 0 Å². The summed E-state index contributed by atoms with van der Waals surface area (Å²) < 4.78 is 11.1. The molecule has 6 nitrogen and oxygen atoms in total. The second kappa shape index (κ2) is 10.5. The number of halogens is 1. The molecule has 1 aliphatic heterocycles. The number of carbonyl (C=O) groups is 2. The minimum atomic E-state index is -0.858. The van der Waals surface area contributed by atoms with Crippen LogP contribution in [0.1, 0.15) is 49.4 Å². The summed E-state index contributed by atoms with van der Waals surface area (Å²) in [4.78, 5) is 28.2. The Morgan fingerprint density at radius 3 is 2.42 bits per heavy atom. The van der Waals surface area contributed by atoms with E-state index in [1.54, 1.807) is 73.8 Å². The predicted octanol–water partition coefficient (Wildman–Crippen LogP) is 6.50. The Bertz CT molecular complexity index is 1330. The highest BCUT2D eigenvalue weighted by atomic mass is 35.5. The number of nitrogens with zero attached hydrogens (tertiary/aromatic N) is 1. The van der Waals surface area contributed by atoms with Crippen LogP contribution in [0.2, 0.25) is 5.02 Å². The molecule has 0 aliphatic carbocycles. The number of Topliss-reactive ketones (excluding diaryl/α,β-unsaturated/α-hetero) is 1. The first-order valence-corrected chi connectivity index (χ1v) is 12.1. The molecule has 0 aromatic heterocycles. The molecule has 1 N–H and O–H groups in total. The maximum Gasteiger partial charge on any atom is 0.300 e. The fourth-order valence-electron chi connectivity index (χ4n) is 4.44. The average Bonchev–Trinajstić information content (AvgIpc) is 3.14. The fraction of sp³-hybridized carbons (Fsp3) is 0.241. The van der Waals surface area contributed by atoms with Gasteiger partial charge < -0.3 is 14.6 Å². The lowest BCUT2D eigenvalue weighted by Crippen LogP contribution is -2.29. The highest BCUT2D eigenvalue weighted by molar-refractivity contribution is 6.51. The van der Waals surface area contributed by atoms with Crippen LogP contribution < -0.4 is 14.4 Å². The molecule has 1 amide bonds. The second-order valence-electron chi connectivity index (χ2n) is 8.76. The topological polar surface area (TPSA) is 76.1 Å². The third-order valence-electron chi connectivity index (χ3n) is 6.16. The van der Waals surface area contributed by atoms with Crippen LogP contribution in [0.15, 0.2) is 72.3 Å². The molecule has 0 saturated carbocycles. The fourth-order valence-corrected chi connectivity index (χ4v) is 4.56. The summed E-state index contributed by atoms with van der Waals surface area (Å²) in [6, 6.07) is 18.2. The third-order valence-corrected chi connectivity index (χ3v) is 6.41. The summed E-state index contributed by atoms with van der Waals surface area (Å²) in [5.74, 6) is -0.379. The van der Waals surface area contributed by atoms with Crippen molar-refractivity contribution in [2.24, 2.45) is 0 Å². The zero-order valence-corrected chi connectivity index (χ0v) is 21.4. The first-order valence-electron chi connectivity index (χ1n) is 11.7. The quantitative estimate of drug-likeness (QED) is 0.225. The van der Waals surface area contributed by atoms with Crippen molar-refractivity contribution in [1.29, 1.82) is 0 Å². The molecular formula is C29H28ClNO5. The number of amides is 1. The summed E-state index contributed by atoms with van der Waals surface area (Å²) in [6.07, 6.45) is 0. The molecule has 1 aliphatic rings. The van der Waals surface area contributed by atoms with Gasteiger partial charge in [0, 0.05) is 22.3 Å². The summed E-state index contributed by atoms with van der Waals surface area (Å²) in [5, 5.41) is 12.0. The first-order chi connectivity index (χ1) is 17.3. The molecule has 0 spiro atoms. The van der Waals surface area contributed by atoms with Gasteiger partial charge in [0.2, 0.25) is 0 Å². The zero-order valence-electron chi connectivity index (χ0n) is 20.6. The molecule has 1 fully saturated rings. The van der Waals surface area contributed by atoms with Gasteiger partial charge in [0.05, 0.1) is 25.3 Å². The molecular weight excluding hydrogens is 478 g/mol. The van der Waals surface area contributed by atoms with E-state index in [0.717, 1.165) is 5.56 Å². The van der Waals surface area contributed by atoms with Crippen molar-refractivity contribution in [2.45, 2.75) is 32.7 Å². The number of carbonyl (C=O) groups excluding carboxylic acids is 2. The van der Waals surface area contributed by atoms with Gasteiger partial charge in [0.25, 0.3) is 11.7 Å². The van der Waals surface area contributed by atoms with Crippen LogP contribution in [0.3, 0.4) is 0 Å². The molecule has 1 saturated heterocycles. The number of benzene rings is 3. The third kappa shape index (κ3) is 4.69. The number of ketones is 1. The highest BCUT2D eigenvalue weighted by Crippen LogP contribution is 2.43. The number of ether oxygens (including phenoxy) is 2. The average molecular weight is 506 g/mol. The van der Waals surface area contributed by atoms with Crippen molar-refractivity contribution >= 4 is 34.7 Å². The molecule has 0 radical (unpaired) electrons. The number of aliphatic hydroxyl groups is 1. The monoisotopic (exact) mass is 505 g/mol. The second-order valence-corrected chi connectivity index (χ2v) is 9.20. The van der Waals surface area contributed by atoms with E-state index in [4.69, 9.17) is 21.1 Å². The molecule has 3 aromatic carbocycles. The summed E-state index contributed by atoms with van der Waals surface area (Å²) >= 11 is 6.12. The van der Waals surface area contributed by atoms with Crippen LogP contribution in [-0.2, 0) is 9.59 Å². The minimum Gasteiger partial charge on any atom is -0.507 e. The number of aliphatic hydroxyl groups excluding tert-OH is 1.